The average Bonchev–Trinajstić information content (AvgIpc) is 3.09. The first-order valence-electron chi connectivity index (χ1n) is 12.9. The molecule has 0 aromatic rings. The van der Waals surface area contributed by atoms with Crippen molar-refractivity contribution in [3.63, 3.8) is 0 Å². The van der Waals surface area contributed by atoms with Crippen molar-refractivity contribution < 1.29 is 14.6 Å². The van der Waals surface area contributed by atoms with E-state index in [-0.39, 0.29) is 12.1 Å². The zero-order valence-electron chi connectivity index (χ0n) is 20.4. The molecule has 174 valence electrons. The largest absolute Gasteiger partial charge is 0.468 e. The number of fused-ring (bicyclic) bond motifs is 5. The van der Waals surface area contributed by atoms with Crippen molar-refractivity contribution in [3.8, 4) is 0 Å². The number of rotatable bonds is 5. The van der Waals surface area contributed by atoms with Gasteiger partial charge in [-0.2, -0.15) is 0 Å². The van der Waals surface area contributed by atoms with Gasteiger partial charge in [0.15, 0.2) is 0 Å². The van der Waals surface area contributed by atoms with Gasteiger partial charge >= 0.3 is 5.97 Å². The van der Waals surface area contributed by atoms with Crippen LogP contribution >= 0.6 is 0 Å². The first-order chi connectivity index (χ1) is 14.7. The first-order valence-corrected chi connectivity index (χ1v) is 12.9. The number of hydrogen-bond acceptors (Lipinski definition) is 3. The summed E-state index contributed by atoms with van der Waals surface area (Å²) in [5.41, 5.74) is 1.08. The second-order valence-corrected chi connectivity index (χ2v) is 11.8. The Labute approximate surface area is 189 Å². The van der Waals surface area contributed by atoms with E-state index in [4.69, 9.17) is 4.74 Å². The fourth-order valence-corrected chi connectivity index (χ4v) is 8.46. The topological polar surface area (TPSA) is 46.5 Å². The Balaban J connectivity index is 1.60. The number of carbonyl (C=O) groups is 1. The van der Waals surface area contributed by atoms with E-state index >= 15 is 0 Å². The minimum atomic E-state index is -0.473. The Kier molecular flexibility index (Phi) is 6.47. The molecule has 4 aliphatic carbocycles. The lowest BCUT2D eigenvalue weighted by molar-refractivity contribution is -0.163. The van der Waals surface area contributed by atoms with Gasteiger partial charge in [-0.05, 0) is 98.7 Å². The highest BCUT2D eigenvalue weighted by Crippen LogP contribution is 2.67. The molecular formula is C28H44O3. The van der Waals surface area contributed by atoms with E-state index in [2.05, 4.69) is 45.9 Å². The highest BCUT2D eigenvalue weighted by Gasteiger charge is 2.62. The lowest BCUT2D eigenvalue weighted by Crippen LogP contribution is -2.55. The maximum Gasteiger partial charge on any atom is 0.316 e. The molecule has 3 heteroatoms. The molecule has 3 saturated carbocycles. The molecule has 0 spiro atoms. The molecule has 1 N–H and O–H groups in total. The first kappa shape index (κ1) is 23.1. The van der Waals surface area contributed by atoms with Gasteiger partial charge in [0.1, 0.15) is 0 Å². The monoisotopic (exact) mass is 428 g/mol. The van der Waals surface area contributed by atoms with Gasteiger partial charge in [-0.3, -0.25) is 4.79 Å². The van der Waals surface area contributed by atoms with E-state index < -0.39 is 5.41 Å². The molecule has 0 heterocycles. The van der Waals surface area contributed by atoms with Crippen molar-refractivity contribution in [1.82, 2.24) is 0 Å². The molecule has 3 nitrogen and oxygen atoms in total. The van der Waals surface area contributed by atoms with E-state index in [0.29, 0.717) is 35.5 Å². The number of esters is 1. The zero-order valence-corrected chi connectivity index (χ0v) is 20.4. The molecule has 0 amide bonds. The summed E-state index contributed by atoms with van der Waals surface area (Å²) in [6.45, 7) is 9.57. The standard InChI is InChI=1S/C28H44O3/c1-18(2)7-6-8-19(3)23-11-12-24-22-10-9-20-17-21(29)13-16-28(20,26(30)31-5)25(22)14-15-27(23,24)4/h6,8-9,18-19,21-25,29H,7,10-17H2,1-5H3. The lowest BCUT2D eigenvalue weighted by atomic mass is 9.46. The minimum Gasteiger partial charge on any atom is -0.468 e. The Bertz CT molecular complexity index is 737. The Morgan fingerprint density at radius 1 is 1.19 bits per heavy atom. The molecule has 0 saturated heterocycles. The summed E-state index contributed by atoms with van der Waals surface area (Å²) >= 11 is 0. The molecule has 0 aliphatic heterocycles. The molecule has 8 atom stereocenters. The second-order valence-electron chi connectivity index (χ2n) is 11.8. The number of aliphatic hydroxyl groups is 1. The van der Waals surface area contributed by atoms with Crippen molar-refractivity contribution >= 4 is 5.97 Å². The van der Waals surface area contributed by atoms with Crippen LogP contribution in [0.1, 0.15) is 85.5 Å². The van der Waals surface area contributed by atoms with Crippen molar-refractivity contribution in [2.75, 3.05) is 7.11 Å². The van der Waals surface area contributed by atoms with Crippen LogP contribution in [0.15, 0.2) is 23.8 Å². The number of aliphatic hydroxyl groups excluding tert-OH is 1. The highest BCUT2D eigenvalue weighted by molar-refractivity contribution is 5.82. The SMILES string of the molecule is COC(=O)C12CCC(O)CC1=CCC1C2CCC2(C)C(C(C)C=CCC(C)C)CCC12. The van der Waals surface area contributed by atoms with Gasteiger partial charge in [-0.15, -0.1) is 0 Å². The van der Waals surface area contributed by atoms with Crippen molar-refractivity contribution in [2.24, 2.45) is 46.3 Å². The summed E-state index contributed by atoms with van der Waals surface area (Å²) < 4.78 is 5.42. The molecular weight excluding hydrogens is 384 g/mol. The predicted octanol–water partition coefficient (Wildman–Crippen LogP) is 6.32. The number of methoxy groups -OCH3 is 1. The van der Waals surface area contributed by atoms with E-state index in [1.807, 2.05) is 0 Å². The van der Waals surface area contributed by atoms with Gasteiger partial charge in [0, 0.05) is 0 Å². The summed E-state index contributed by atoms with van der Waals surface area (Å²) in [7, 11) is 1.55. The molecule has 4 rings (SSSR count). The maximum absolute atomic E-state index is 13.2. The van der Waals surface area contributed by atoms with Crippen LogP contribution in [0.5, 0.6) is 0 Å². The van der Waals surface area contributed by atoms with Crippen LogP contribution in [0.25, 0.3) is 0 Å². The van der Waals surface area contributed by atoms with Crippen LogP contribution in [0.3, 0.4) is 0 Å². The third kappa shape index (κ3) is 3.73. The summed E-state index contributed by atoms with van der Waals surface area (Å²) in [6, 6.07) is 0. The zero-order chi connectivity index (χ0) is 22.4. The molecule has 3 fully saturated rings. The van der Waals surface area contributed by atoms with Crippen LogP contribution in [0, 0.1) is 46.3 Å². The molecule has 0 aromatic heterocycles. The molecule has 4 aliphatic rings. The second kappa shape index (κ2) is 8.69. The quantitative estimate of drug-likeness (QED) is 0.412. The normalized spacial score (nSPS) is 43.2. The molecule has 8 unspecified atom stereocenters. The predicted molar refractivity (Wildman–Crippen MR) is 125 cm³/mol. The summed E-state index contributed by atoms with van der Waals surface area (Å²) in [5.74, 6) is 3.71. The van der Waals surface area contributed by atoms with Crippen molar-refractivity contribution in [2.45, 2.75) is 91.6 Å². The van der Waals surface area contributed by atoms with E-state index in [1.54, 1.807) is 7.11 Å². The summed E-state index contributed by atoms with van der Waals surface area (Å²) in [5, 5.41) is 10.3. The Morgan fingerprint density at radius 2 is 1.97 bits per heavy atom. The van der Waals surface area contributed by atoms with Crippen LogP contribution in [-0.4, -0.2) is 24.3 Å². The number of ether oxygens (including phenoxy) is 1. The fraction of sp³-hybridized carbons (Fsp3) is 0.821. The fourth-order valence-electron chi connectivity index (χ4n) is 8.46. The van der Waals surface area contributed by atoms with Crippen LogP contribution < -0.4 is 0 Å². The van der Waals surface area contributed by atoms with Crippen LogP contribution in [0.4, 0.5) is 0 Å². The van der Waals surface area contributed by atoms with Gasteiger partial charge in [-0.1, -0.05) is 51.5 Å². The van der Waals surface area contributed by atoms with Gasteiger partial charge in [0.25, 0.3) is 0 Å². The minimum absolute atomic E-state index is 0.0384. The molecule has 31 heavy (non-hydrogen) atoms. The van der Waals surface area contributed by atoms with Gasteiger partial charge in [0.2, 0.25) is 0 Å². The van der Waals surface area contributed by atoms with E-state index in [0.717, 1.165) is 37.5 Å². The van der Waals surface area contributed by atoms with Crippen molar-refractivity contribution in [3.05, 3.63) is 23.8 Å². The number of hydrogen-bond donors (Lipinski definition) is 1. The van der Waals surface area contributed by atoms with Crippen LogP contribution in [-0.2, 0) is 9.53 Å². The van der Waals surface area contributed by atoms with E-state index in [9.17, 15) is 9.90 Å². The van der Waals surface area contributed by atoms with Crippen LogP contribution in [0.2, 0.25) is 0 Å². The lowest BCUT2D eigenvalue weighted by Gasteiger charge is -2.57. The number of allylic oxidation sites excluding steroid dienone is 3. The third-order valence-electron chi connectivity index (χ3n) is 9.91. The summed E-state index contributed by atoms with van der Waals surface area (Å²) in [4.78, 5) is 13.2. The molecule has 0 aromatic carbocycles. The van der Waals surface area contributed by atoms with E-state index in [1.165, 1.54) is 31.3 Å². The molecule has 0 bridgehead atoms. The van der Waals surface area contributed by atoms with Gasteiger partial charge in [0.05, 0.1) is 18.6 Å². The number of carbonyl (C=O) groups excluding carboxylic acids is 1. The van der Waals surface area contributed by atoms with Crippen molar-refractivity contribution in [1.29, 1.82) is 0 Å². The third-order valence-corrected chi connectivity index (χ3v) is 9.91. The Hall–Kier alpha value is -1.09. The Morgan fingerprint density at radius 3 is 2.68 bits per heavy atom. The van der Waals surface area contributed by atoms with Gasteiger partial charge in [-0.25, -0.2) is 0 Å². The molecule has 0 radical (unpaired) electrons. The smallest absolute Gasteiger partial charge is 0.316 e. The average molecular weight is 429 g/mol. The maximum atomic E-state index is 13.2. The highest BCUT2D eigenvalue weighted by atomic mass is 16.5. The summed E-state index contributed by atoms with van der Waals surface area (Å²) in [6.07, 6.45) is 16.3. The van der Waals surface area contributed by atoms with Gasteiger partial charge < -0.3 is 9.84 Å².